The minimum atomic E-state index is -0.530. The highest BCUT2D eigenvalue weighted by atomic mass is 32.2. The van der Waals surface area contributed by atoms with Crippen LogP contribution in [0.1, 0.15) is 24.2 Å². The van der Waals surface area contributed by atoms with E-state index < -0.39 is 6.03 Å². The lowest BCUT2D eigenvalue weighted by atomic mass is 10.2. The van der Waals surface area contributed by atoms with Gasteiger partial charge in [0.2, 0.25) is 5.91 Å². The second kappa shape index (κ2) is 11.7. The molecule has 0 aliphatic carbocycles. The summed E-state index contributed by atoms with van der Waals surface area (Å²) in [5, 5.41) is 14.2. The summed E-state index contributed by atoms with van der Waals surface area (Å²) in [5.41, 5.74) is 1.14. The quantitative estimate of drug-likeness (QED) is 0.433. The van der Waals surface area contributed by atoms with E-state index in [0.717, 1.165) is 31.0 Å². The van der Waals surface area contributed by atoms with Crippen LogP contribution in [-0.4, -0.2) is 70.7 Å². The van der Waals surface area contributed by atoms with Crippen molar-refractivity contribution in [2.75, 3.05) is 39.1 Å². The van der Waals surface area contributed by atoms with Crippen LogP contribution in [0.2, 0.25) is 0 Å². The van der Waals surface area contributed by atoms with Crippen LogP contribution in [0.4, 0.5) is 4.79 Å². The lowest BCUT2D eigenvalue weighted by Gasteiger charge is -2.16. The largest absolute Gasteiger partial charge is 0.383 e. The fourth-order valence-corrected chi connectivity index (χ4v) is 3.97. The highest BCUT2D eigenvalue weighted by Gasteiger charge is 2.19. The van der Waals surface area contributed by atoms with E-state index in [1.807, 2.05) is 18.2 Å². The fraction of sp³-hybridized carbons (Fsp3) is 0.500. The highest BCUT2D eigenvalue weighted by molar-refractivity contribution is 7.99. The SMILES string of the molecule is COCCNC(=O)NC(=O)CSc1nnc(CN2CCCC2)n1Cc1ccccc1. The highest BCUT2D eigenvalue weighted by Crippen LogP contribution is 2.21. The number of amides is 3. The molecule has 1 aliphatic heterocycles. The number of rotatable bonds is 10. The molecular weight excluding hydrogens is 404 g/mol. The summed E-state index contributed by atoms with van der Waals surface area (Å²) < 4.78 is 6.92. The number of hydrogen-bond donors (Lipinski definition) is 2. The van der Waals surface area contributed by atoms with Gasteiger partial charge in [0.25, 0.3) is 0 Å². The maximum absolute atomic E-state index is 12.1. The molecule has 2 N–H and O–H groups in total. The van der Waals surface area contributed by atoms with Crippen molar-refractivity contribution in [2.45, 2.75) is 31.1 Å². The molecule has 9 nitrogen and oxygen atoms in total. The summed E-state index contributed by atoms with van der Waals surface area (Å²) in [7, 11) is 1.55. The van der Waals surface area contributed by atoms with Gasteiger partial charge in [-0.25, -0.2) is 4.79 Å². The van der Waals surface area contributed by atoms with Gasteiger partial charge in [0.15, 0.2) is 5.16 Å². The summed E-state index contributed by atoms with van der Waals surface area (Å²) in [6.07, 6.45) is 2.42. The molecule has 2 aromatic rings. The molecule has 0 unspecified atom stereocenters. The Bertz CT molecular complexity index is 823. The number of benzene rings is 1. The van der Waals surface area contributed by atoms with Crippen molar-refractivity contribution in [3.05, 3.63) is 41.7 Å². The smallest absolute Gasteiger partial charge is 0.321 e. The molecule has 10 heteroatoms. The molecule has 3 rings (SSSR count). The summed E-state index contributed by atoms with van der Waals surface area (Å²) in [6.45, 7) is 4.25. The third-order valence-corrected chi connectivity index (χ3v) is 5.68. The number of imide groups is 1. The van der Waals surface area contributed by atoms with Gasteiger partial charge in [0.05, 0.1) is 25.4 Å². The zero-order chi connectivity index (χ0) is 21.2. The van der Waals surface area contributed by atoms with E-state index in [4.69, 9.17) is 4.74 Å². The standard InChI is InChI=1S/C20H28N6O3S/c1-29-12-9-21-19(28)22-18(27)15-30-20-24-23-17(14-25-10-5-6-11-25)26(20)13-16-7-3-2-4-8-16/h2-4,7-8H,5-6,9-15H2,1H3,(H2,21,22,27,28). The van der Waals surface area contributed by atoms with Crippen LogP contribution in [-0.2, 0) is 22.6 Å². The molecule has 1 aromatic carbocycles. The molecule has 1 aromatic heterocycles. The predicted octanol–water partition coefficient (Wildman–Crippen LogP) is 1.49. The molecule has 0 radical (unpaired) electrons. The maximum Gasteiger partial charge on any atom is 0.321 e. The number of nitrogens with zero attached hydrogens (tertiary/aromatic N) is 4. The first-order chi connectivity index (χ1) is 14.7. The summed E-state index contributed by atoms with van der Waals surface area (Å²) in [5.74, 6) is 0.583. The number of likely N-dealkylation sites (tertiary alicyclic amines) is 1. The number of methoxy groups -OCH3 is 1. The predicted molar refractivity (Wildman–Crippen MR) is 114 cm³/mol. The number of urea groups is 1. The number of aromatic nitrogens is 3. The summed E-state index contributed by atoms with van der Waals surface area (Å²) >= 11 is 1.28. The number of ether oxygens (including phenoxy) is 1. The Kier molecular flexibility index (Phi) is 8.66. The van der Waals surface area contributed by atoms with Crippen molar-refractivity contribution < 1.29 is 14.3 Å². The molecular formula is C20H28N6O3S. The Morgan fingerprint density at radius 2 is 1.90 bits per heavy atom. The molecule has 0 atom stereocenters. The summed E-state index contributed by atoms with van der Waals surface area (Å²) in [4.78, 5) is 26.2. The average molecular weight is 433 g/mol. The Labute approximate surface area is 180 Å². The van der Waals surface area contributed by atoms with Crippen LogP contribution in [0, 0.1) is 0 Å². The number of carbonyl (C=O) groups excluding carboxylic acids is 2. The number of nitrogens with one attached hydrogen (secondary N) is 2. The van der Waals surface area contributed by atoms with Crippen LogP contribution >= 0.6 is 11.8 Å². The van der Waals surface area contributed by atoms with E-state index in [0.29, 0.717) is 24.9 Å². The van der Waals surface area contributed by atoms with Gasteiger partial charge in [-0.3, -0.25) is 15.0 Å². The molecule has 0 spiro atoms. The van der Waals surface area contributed by atoms with Crippen molar-refractivity contribution in [3.8, 4) is 0 Å². The second-order valence-corrected chi connectivity index (χ2v) is 7.98. The topological polar surface area (TPSA) is 101 Å². The zero-order valence-corrected chi connectivity index (χ0v) is 18.0. The van der Waals surface area contributed by atoms with Gasteiger partial charge < -0.3 is 14.6 Å². The van der Waals surface area contributed by atoms with Crippen molar-refractivity contribution in [3.63, 3.8) is 0 Å². The molecule has 0 saturated carbocycles. The minimum Gasteiger partial charge on any atom is -0.383 e. The first kappa shape index (κ1) is 22.3. The van der Waals surface area contributed by atoms with Gasteiger partial charge in [0, 0.05) is 13.7 Å². The first-order valence-corrected chi connectivity index (χ1v) is 11.0. The molecule has 2 heterocycles. The van der Waals surface area contributed by atoms with Gasteiger partial charge in [-0.1, -0.05) is 42.1 Å². The normalized spacial score (nSPS) is 14.0. The average Bonchev–Trinajstić information content (AvgIpc) is 3.38. The molecule has 162 valence electrons. The third kappa shape index (κ3) is 6.82. The van der Waals surface area contributed by atoms with Crippen LogP contribution in [0.3, 0.4) is 0 Å². The van der Waals surface area contributed by atoms with E-state index in [9.17, 15) is 9.59 Å². The van der Waals surface area contributed by atoms with Gasteiger partial charge >= 0.3 is 6.03 Å². The Hall–Kier alpha value is -2.43. The Morgan fingerprint density at radius 3 is 2.63 bits per heavy atom. The van der Waals surface area contributed by atoms with Crippen molar-refractivity contribution in [2.24, 2.45) is 0 Å². The lowest BCUT2D eigenvalue weighted by Crippen LogP contribution is -2.41. The van der Waals surface area contributed by atoms with E-state index in [2.05, 4.69) is 42.4 Å². The van der Waals surface area contributed by atoms with E-state index in [1.165, 1.54) is 24.6 Å². The monoisotopic (exact) mass is 432 g/mol. The van der Waals surface area contributed by atoms with Crippen molar-refractivity contribution >= 4 is 23.7 Å². The van der Waals surface area contributed by atoms with Gasteiger partial charge in [-0.15, -0.1) is 10.2 Å². The van der Waals surface area contributed by atoms with Gasteiger partial charge in [0.1, 0.15) is 5.82 Å². The van der Waals surface area contributed by atoms with Crippen LogP contribution in [0.25, 0.3) is 0 Å². The van der Waals surface area contributed by atoms with Gasteiger partial charge in [-0.2, -0.15) is 0 Å². The van der Waals surface area contributed by atoms with Crippen molar-refractivity contribution in [1.29, 1.82) is 0 Å². The first-order valence-electron chi connectivity index (χ1n) is 10.0. The van der Waals surface area contributed by atoms with E-state index in [-0.39, 0.29) is 11.7 Å². The lowest BCUT2D eigenvalue weighted by molar-refractivity contribution is -0.117. The van der Waals surface area contributed by atoms with Crippen LogP contribution in [0.5, 0.6) is 0 Å². The molecule has 3 amide bonds. The number of hydrogen-bond acceptors (Lipinski definition) is 7. The molecule has 30 heavy (non-hydrogen) atoms. The number of thioether (sulfide) groups is 1. The Morgan fingerprint density at radius 1 is 1.13 bits per heavy atom. The van der Waals surface area contributed by atoms with Crippen molar-refractivity contribution in [1.82, 2.24) is 30.3 Å². The van der Waals surface area contributed by atoms with Crippen LogP contribution < -0.4 is 10.6 Å². The molecule has 1 aliphatic rings. The molecule has 1 saturated heterocycles. The number of carbonyl (C=O) groups is 2. The molecule has 1 fully saturated rings. The Balaban J connectivity index is 1.62. The molecule has 0 bridgehead atoms. The second-order valence-electron chi connectivity index (χ2n) is 7.04. The maximum atomic E-state index is 12.1. The zero-order valence-electron chi connectivity index (χ0n) is 17.2. The third-order valence-electron chi connectivity index (χ3n) is 4.72. The van der Waals surface area contributed by atoms with Gasteiger partial charge in [-0.05, 0) is 31.5 Å². The summed E-state index contributed by atoms with van der Waals surface area (Å²) in [6, 6.07) is 9.58. The van der Waals surface area contributed by atoms with Crippen LogP contribution in [0.15, 0.2) is 35.5 Å². The van der Waals surface area contributed by atoms with E-state index >= 15 is 0 Å². The fourth-order valence-electron chi connectivity index (χ4n) is 3.21. The van der Waals surface area contributed by atoms with E-state index in [1.54, 1.807) is 7.11 Å². The minimum absolute atomic E-state index is 0.0777.